The van der Waals surface area contributed by atoms with Crippen molar-refractivity contribution < 1.29 is 19.1 Å². The summed E-state index contributed by atoms with van der Waals surface area (Å²) >= 11 is 2.30. The fourth-order valence-corrected chi connectivity index (χ4v) is 4.12. The molecule has 3 rings (SSSR count). The number of methoxy groups -OCH3 is 1. The SMILES string of the molecule is COc1ccccc1N1C[C@H](C(=O)Nc2nnc(SCC(N)=O)s2)CC1=O. The number of nitrogens with two attached hydrogens (primary N) is 1. The Morgan fingerprint density at radius 1 is 1.41 bits per heavy atom. The second kappa shape index (κ2) is 8.35. The predicted molar refractivity (Wildman–Crippen MR) is 102 cm³/mol. The first-order valence-corrected chi connectivity index (χ1v) is 9.77. The van der Waals surface area contributed by atoms with E-state index in [1.165, 1.54) is 7.11 Å². The van der Waals surface area contributed by atoms with Gasteiger partial charge in [-0.15, -0.1) is 10.2 Å². The van der Waals surface area contributed by atoms with Crippen molar-refractivity contribution in [3.05, 3.63) is 24.3 Å². The maximum atomic E-state index is 12.5. The highest BCUT2D eigenvalue weighted by Gasteiger charge is 2.36. The van der Waals surface area contributed by atoms with Gasteiger partial charge in [0, 0.05) is 13.0 Å². The number of amides is 3. The Balaban J connectivity index is 1.63. The van der Waals surface area contributed by atoms with Gasteiger partial charge in [-0.3, -0.25) is 14.4 Å². The van der Waals surface area contributed by atoms with Crippen molar-refractivity contribution in [2.24, 2.45) is 11.7 Å². The molecule has 1 aromatic carbocycles. The molecule has 1 aliphatic rings. The Morgan fingerprint density at radius 2 is 2.19 bits per heavy atom. The van der Waals surface area contributed by atoms with Crippen LogP contribution in [0.3, 0.4) is 0 Å². The Bertz CT molecular complexity index is 872. The standard InChI is InChI=1S/C16H17N5O4S2/c1-25-11-5-3-2-4-10(11)21-7-9(6-13(21)23)14(24)18-15-19-20-16(27-15)26-8-12(17)22/h2-5,9H,6-8H2,1H3,(H2,17,22)(H,18,19,24)/t9-/m1/s1. The van der Waals surface area contributed by atoms with Gasteiger partial charge < -0.3 is 20.7 Å². The highest BCUT2D eigenvalue weighted by molar-refractivity contribution is 8.01. The maximum absolute atomic E-state index is 12.5. The number of hydrogen-bond acceptors (Lipinski definition) is 8. The summed E-state index contributed by atoms with van der Waals surface area (Å²) in [6.07, 6.45) is 0.103. The number of anilines is 2. The lowest BCUT2D eigenvalue weighted by atomic mass is 10.1. The van der Waals surface area contributed by atoms with Crippen molar-refractivity contribution in [2.45, 2.75) is 10.8 Å². The van der Waals surface area contributed by atoms with Crippen LogP contribution >= 0.6 is 23.1 Å². The van der Waals surface area contributed by atoms with E-state index in [1.54, 1.807) is 17.0 Å². The summed E-state index contributed by atoms with van der Waals surface area (Å²) in [5.74, 6) is -0.743. The zero-order chi connectivity index (χ0) is 19.4. The minimum atomic E-state index is -0.506. The molecule has 3 amide bonds. The van der Waals surface area contributed by atoms with Crippen LogP contribution in [0.5, 0.6) is 5.75 Å². The predicted octanol–water partition coefficient (Wildman–Crippen LogP) is 1.12. The second-order valence-electron chi connectivity index (χ2n) is 5.69. The van der Waals surface area contributed by atoms with Gasteiger partial charge in [-0.25, -0.2) is 0 Å². The van der Waals surface area contributed by atoms with E-state index in [0.29, 0.717) is 20.9 Å². The highest BCUT2D eigenvalue weighted by atomic mass is 32.2. The smallest absolute Gasteiger partial charge is 0.231 e. The quantitative estimate of drug-likeness (QED) is 0.520. The Labute approximate surface area is 163 Å². The summed E-state index contributed by atoms with van der Waals surface area (Å²) in [4.78, 5) is 37.2. The zero-order valence-electron chi connectivity index (χ0n) is 14.4. The molecule has 0 saturated carbocycles. The van der Waals surface area contributed by atoms with Gasteiger partial charge in [0.2, 0.25) is 22.9 Å². The number of nitrogens with one attached hydrogen (secondary N) is 1. The molecule has 1 aromatic heterocycles. The maximum Gasteiger partial charge on any atom is 0.231 e. The molecule has 1 aliphatic heterocycles. The summed E-state index contributed by atoms with van der Waals surface area (Å²) in [6, 6.07) is 7.17. The Morgan fingerprint density at radius 3 is 2.93 bits per heavy atom. The third-order valence-corrected chi connectivity index (χ3v) is 5.84. The fraction of sp³-hybridized carbons (Fsp3) is 0.312. The number of nitrogens with zero attached hydrogens (tertiary/aromatic N) is 3. The van der Waals surface area contributed by atoms with Gasteiger partial charge in [0.1, 0.15) is 5.75 Å². The lowest BCUT2D eigenvalue weighted by Crippen LogP contribution is -2.28. The Hall–Kier alpha value is -2.66. The van der Waals surface area contributed by atoms with E-state index < -0.39 is 11.8 Å². The number of carbonyl (C=O) groups excluding carboxylic acids is 3. The monoisotopic (exact) mass is 407 g/mol. The van der Waals surface area contributed by atoms with Crippen molar-refractivity contribution in [3.8, 4) is 5.75 Å². The summed E-state index contributed by atoms with van der Waals surface area (Å²) in [5, 5.41) is 10.8. The molecule has 1 fully saturated rings. The minimum Gasteiger partial charge on any atom is -0.495 e. The Kier molecular flexibility index (Phi) is 5.91. The number of primary amides is 1. The molecule has 27 heavy (non-hydrogen) atoms. The number of thioether (sulfide) groups is 1. The van der Waals surface area contributed by atoms with Crippen molar-refractivity contribution in [1.29, 1.82) is 0 Å². The molecule has 0 spiro atoms. The normalized spacial score (nSPS) is 16.4. The zero-order valence-corrected chi connectivity index (χ0v) is 16.0. The van der Waals surface area contributed by atoms with Gasteiger partial charge >= 0.3 is 0 Å². The van der Waals surface area contributed by atoms with Gasteiger partial charge in [-0.05, 0) is 12.1 Å². The van der Waals surface area contributed by atoms with Crippen LogP contribution in [0.1, 0.15) is 6.42 Å². The van der Waals surface area contributed by atoms with Crippen LogP contribution in [0.25, 0.3) is 0 Å². The number of aromatic nitrogens is 2. The fourth-order valence-electron chi connectivity index (χ4n) is 2.63. The van der Waals surface area contributed by atoms with Crippen molar-refractivity contribution in [3.63, 3.8) is 0 Å². The molecule has 142 valence electrons. The van der Waals surface area contributed by atoms with Crippen LogP contribution < -0.4 is 20.7 Å². The van der Waals surface area contributed by atoms with E-state index in [9.17, 15) is 14.4 Å². The number of benzene rings is 1. The van der Waals surface area contributed by atoms with E-state index in [-0.39, 0.29) is 30.5 Å². The molecule has 0 unspecified atom stereocenters. The van der Waals surface area contributed by atoms with Gasteiger partial charge in [0.15, 0.2) is 4.34 Å². The number of para-hydroxylation sites is 2. The van der Waals surface area contributed by atoms with E-state index in [0.717, 1.165) is 23.1 Å². The van der Waals surface area contributed by atoms with Gasteiger partial charge in [-0.1, -0.05) is 35.2 Å². The highest BCUT2D eigenvalue weighted by Crippen LogP contribution is 2.33. The minimum absolute atomic E-state index is 0.0908. The lowest BCUT2D eigenvalue weighted by molar-refractivity contribution is -0.122. The van der Waals surface area contributed by atoms with E-state index in [2.05, 4.69) is 15.5 Å². The number of hydrogen-bond donors (Lipinski definition) is 2. The van der Waals surface area contributed by atoms with Crippen LogP contribution in [-0.4, -0.2) is 47.3 Å². The molecule has 11 heteroatoms. The molecule has 1 saturated heterocycles. The average molecular weight is 407 g/mol. The number of ether oxygens (including phenoxy) is 1. The van der Waals surface area contributed by atoms with Crippen LogP contribution in [0.4, 0.5) is 10.8 Å². The third kappa shape index (κ3) is 4.55. The molecule has 9 nitrogen and oxygen atoms in total. The molecule has 2 heterocycles. The largest absolute Gasteiger partial charge is 0.495 e. The van der Waals surface area contributed by atoms with Crippen LogP contribution in [0, 0.1) is 5.92 Å². The summed E-state index contributed by atoms with van der Waals surface area (Å²) in [6.45, 7) is 0.257. The van der Waals surface area contributed by atoms with Gasteiger partial charge in [-0.2, -0.15) is 0 Å². The number of rotatable bonds is 7. The van der Waals surface area contributed by atoms with E-state index in [1.807, 2.05) is 12.1 Å². The first-order valence-electron chi connectivity index (χ1n) is 7.96. The molecule has 1 atom stereocenters. The first kappa shape index (κ1) is 19.1. The second-order valence-corrected chi connectivity index (χ2v) is 7.89. The van der Waals surface area contributed by atoms with Crippen molar-refractivity contribution in [1.82, 2.24) is 10.2 Å². The lowest BCUT2D eigenvalue weighted by Gasteiger charge is -2.19. The van der Waals surface area contributed by atoms with Crippen LogP contribution in [0.2, 0.25) is 0 Å². The molecule has 0 radical (unpaired) electrons. The third-order valence-electron chi connectivity index (χ3n) is 3.85. The van der Waals surface area contributed by atoms with Crippen molar-refractivity contribution >= 4 is 51.6 Å². The molecule has 2 aromatic rings. The first-order chi connectivity index (χ1) is 13.0. The summed E-state index contributed by atoms with van der Waals surface area (Å²) in [5.41, 5.74) is 5.73. The topological polar surface area (TPSA) is 128 Å². The molecular weight excluding hydrogens is 390 g/mol. The van der Waals surface area contributed by atoms with Crippen LogP contribution in [0.15, 0.2) is 28.6 Å². The molecule has 3 N–H and O–H groups in total. The summed E-state index contributed by atoms with van der Waals surface area (Å²) < 4.78 is 5.82. The van der Waals surface area contributed by atoms with Crippen LogP contribution in [-0.2, 0) is 14.4 Å². The van der Waals surface area contributed by atoms with Gasteiger partial charge in [0.05, 0.1) is 24.5 Å². The van der Waals surface area contributed by atoms with Gasteiger partial charge in [0.25, 0.3) is 0 Å². The average Bonchev–Trinajstić information content (AvgIpc) is 3.26. The van der Waals surface area contributed by atoms with E-state index >= 15 is 0 Å². The molecule has 0 aliphatic carbocycles. The summed E-state index contributed by atoms with van der Waals surface area (Å²) in [7, 11) is 1.53. The van der Waals surface area contributed by atoms with Crippen molar-refractivity contribution in [2.75, 3.05) is 29.6 Å². The molecular formula is C16H17N5O4S2. The van der Waals surface area contributed by atoms with E-state index in [4.69, 9.17) is 10.5 Å². The number of carbonyl (C=O) groups is 3. The molecule has 0 bridgehead atoms.